The maximum atomic E-state index is 13.7. The van der Waals surface area contributed by atoms with Crippen molar-refractivity contribution >= 4 is 34.4 Å². The second-order valence-corrected chi connectivity index (χ2v) is 4.34. The van der Waals surface area contributed by atoms with Gasteiger partial charge >= 0.3 is 6.09 Å². The summed E-state index contributed by atoms with van der Waals surface area (Å²) in [6.45, 7) is 1.85. The molecule has 6 heteroatoms. The fourth-order valence-corrected chi connectivity index (χ4v) is 2.15. The minimum atomic E-state index is -0.503. The number of ether oxygens (including phenoxy) is 1. The van der Waals surface area contributed by atoms with Crippen molar-refractivity contribution in [1.82, 2.24) is 5.32 Å². The highest BCUT2D eigenvalue weighted by Crippen LogP contribution is 2.26. The number of cyclic esters (lactones) is 1. The second-order valence-electron chi connectivity index (χ2n) is 3.42. The number of hydrogen-bond donors (Lipinski definition) is 1. The van der Waals surface area contributed by atoms with E-state index in [1.165, 1.54) is 0 Å². The quantitative estimate of drug-likeness (QED) is 0.865. The van der Waals surface area contributed by atoms with Crippen molar-refractivity contribution in [3.63, 3.8) is 0 Å². The zero-order valence-corrected chi connectivity index (χ0v) is 10.8. The average molecular weight is 311 g/mol. The summed E-state index contributed by atoms with van der Waals surface area (Å²) in [4.78, 5) is 10.8. The molecule has 0 saturated carbocycles. The van der Waals surface area contributed by atoms with Crippen LogP contribution in [0.2, 0.25) is 0 Å². The van der Waals surface area contributed by atoms with E-state index in [4.69, 9.17) is 4.74 Å². The fourth-order valence-electron chi connectivity index (χ4n) is 1.56. The first-order chi connectivity index (χ1) is 7.08. The van der Waals surface area contributed by atoms with Crippen molar-refractivity contribution in [1.29, 1.82) is 0 Å². The molecule has 3 nitrogen and oxygen atoms in total. The Labute approximate surface area is 107 Å². The van der Waals surface area contributed by atoms with Crippen LogP contribution in [0.5, 0.6) is 0 Å². The highest BCUT2D eigenvalue weighted by molar-refractivity contribution is 9.10. The summed E-state index contributed by atoms with van der Waals surface area (Å²) in [5.41, 5.74) is 0.994. The van der Waals surface area contributed by atoms with Crippen LogP contribution in [0.25, 0.3) is 0 Å². The van der Waals surface area contributed by atoms with Gasteiger partial charge in [-0.05, 0) is 24.6 Å². The summed E-state index contributed by atoms with van der Waals surface area (Å²) in [5.74, 6) is -0.297. The van der Waals surface area contributed by atoms with Gasteiger partial charge in [0.25, 0.3) is 0 Å². The molecule has 0 unspecified atom stereocenters. The molecule has 2 rings (SSSR count). The van der Waals surface area contributed by atoms with E-state index in [2.05, 4.69) is 21.2 Å². The Bertz CT molecular complexity index is 428. The van der Waals surface area contributed by atoms with Crippen LogP contribution < -0.4 is 5.32 Å². The van der Waals surface area contributed by atoms with Crippen LogP contribution in [0.3, 0.4) is 0 Å². The molecule has 0 spiro atoms. The van der Waals surface area contributed by atoms with E-state index in [1.54, 1.807) is 19.1 Å². The van der Waals surface area contributed by atoms with E-state index in [-0.39, 0.29) is 24.8 Å². The Morgan fingerprint density at radius 3 is 2.81 bits per heavy atom. The van der Waals surface area contributed by atoms with Gasteiger partial charge in [-0.1, -0.05) is 15.9 Å². The SMILES string of the molecule is Cc1cc(Br)cc([C@H]2COC(=O)N2)c1F.Cl. The third-order valence-electron chi connectivity index (χ3n) is 2.30. The standard InChI is InChI=1S/C10H9BrFNO2.ClH/c1-5-2-6(11)3-7(9(5)12)8-4-15-10(14)13-8;/h2-3,8H,4H2,1H3,(H,13,14);1H/t8-;/m1./s1. The van der Waals surface area contributed by atoms with Gasteiger partial charge in [0.2, 0.25) is 0 Å². The zero-order valence-electron chi connectivity index (χ0n) is 8.42. The van der Waals surface area contributed by atoms with Gasteiger partial charge in [0, 0.05) is 10.0 Å². The van der Waals surface area contributed by atoms with Crippen molar-refractivity contribution < 1.29 is 13.9 Å². The van der Waals surface area contributed by atoms with Crippen molar-refractivity contribution in [2.45, 2.75) is 13.0 Å². The second kappa shape index (κ2) is 5.01. The molecule has 0 radical (unpaired) electrons. The number of benzene rings is 1. The molecule has 1 N–H and O–H groups in total. The first-order valence-electron chi connectivity index (χ1n) is 4.47. The van der Waals surface area contributed by atoms with Gasteiger partial charge in [-0.25, -0.2) is 9.18 Å². The lowest BCUT2D eigenvalue weighted by Gasteiger charge is -2.11. The number of aryl methyl sites for hydroxylation is 1. The van der Waals surface area contributed by atoms with Crippen LogP contribution in [-0.4, -0.2) is 12.7 Å². The molecule has 1 amide bonds. The summed E-state index contributed by atoms with van der Waals surface area (Å²) in [5, 5.41) is 2.54. The van der Waals surface area contributed by atoms with Gasteiger partial charge in [0.1, 0.15) is 12.4 Å². The third kappa shape index (κ3) is 2.47. The third-order valence-corrected chi connectivity index (χ3v) is 2.75. The molecule has 88 valence electrons. The Balaban J connectivity index is 0.00000128. The number of halogens is 3. The molecule has 0 aromatic heterocycles. The molecule has 1 aromatic carbocycles. The van der Waals surface area contributed by atoms with Crippen LogP contribution in [-0.2, 0) is 4.74 Å². The minimum Gasteiger partial charge on any atom is -0.447 e. The number of alkyl carbamates (subject to hydrolysis) is 1. The predicted octanol–water partition coefficient (Wildman–Crippen LogP) is 3.10. The molecule has 1 heterocycles. The van der Waals surface area contributed by atoms with Crippen molar-refractivity contribution in [3.8, 4) is 0 Å². The van der Waals surface area contributed by atoms with Gasteiger partial charge in [0.05, 0.1) is 6.04 Å². The topological polar surface area (TPSA) is 38.3 Å². The number of amides is 1. The van der Waals surface area contributed by atoms with Crippen molar-refractivity contribution in [2.24, 2.45) is 0 Å². The molecular formula is C10H10BrClFNO2. The average Bonchev–Trinajstić information content (AvgIpc) is 2.58. The smallest absolute Gasteiger partial charge is 0.407 e. The molecule has 1 saturated heterocycles. The Kier molecular flexibility index (Phi) is 4.15. The first kappa shape index (κ1) is 13.3. The van der Waals surface area contributed by atoms with Crippen LogP contribution in [0.1, 0.15) is 17.2 Å². The predicted molar refractivity (Wildman–Crippen MR) is 63.3 cm³/mol. The van der Waals surface area contributed by atoms with Gasteiger partial charge in [-0.2, -0.15) is 0 Å². The molecule has 0 bridgehead atoms. The Hall–Kier alpha value is -0.810. The van der Waals surface area contributed by atoms with E-state index >= 15 is 0 Å². The van der Waals surface area contributed by atoms with Crippen molar-refractivity contribution in [2.75, 3.05) is 6.61 Å². The maximum Gasteiger partial charge on any atom is 0.407 e. The van der Waals surface area contributed by atoms with E-state index < -0.39 is 12.1 Å². The maximum absolute atomic E-state index is 13.7. The lowest BCUT2D eigenvalue weighted by Crippen LogP contribution is -2.19. The molecule has 1 fully saturated rings. The molecule has 1 aliphatic rings. The Morgan fingerprint density at radius 2 is 2.25 bits per heavy atom. The molecular weight excluding hydrogens is 300 g/mol. The highest BCUT2D eigenvalue weighted by atomic mass is 79.9. The molecule has 0 aliphatic carbocycles. The summed E-state index contributed by atoms with van der Waals surface area (Å²) in [7, 11) is 0. The number of carbonyl (C=O) groups excluding carboxylic acids is 1. The van der Waals surface area contributed by atoms with Crippen LogP contribution >= 0.6 is 28.3 Å². The Morgan fingerprint density at radius 1 is 1.56 bits per heavy atom. The molecule has 1 aromatic rings. The molecule has 16 heavy (non-hydrogen) atoms. The number of nitrogens with one attached hydrogen (secondary N) is 1. The zero-order chi connectivity index (χ0) is 11.0. The van der Waals surface area contributed by atoms with E-state index in [0.29, 0.717) is 11.1 Å². The van der Waals surface area contributed by atoms with E-state index in [1.807, 2.05) is 0 Å². The number of carbonyl (C=O) groups is 1. The summed E-state index contributed by atoms with van der Waals surface area (Å²) < 4.78 is 19.2. The fraction of sp³-hybridized carbons (Fsp3) is 0.300. The summed E-state index contributed by atoms with van der Waals surface area (Å²) in [6.07, 6.45) is -0.503. The van der Waals surface area contributed by atoms with Crippen LogP contribution in [0.15, 0.2) is 16.6 Å². The molecule has 1 aliphatic heterocycles. The first-order valence-corrected chi connectivity index (χ1v) is 5.26. The normalized spacial score (nSPS) is 18.7. The minimum absolute atomic E-state index is 0. The van der Waals surface area contributed by atoms with Crippen LogP contribution in [0, 0.1) is 12.7 Å². The summed E-state index contributed by atoms with van der Waals surface area (Å²) >= 11 is 3.29. The van der Waals surface area contributed by atoms with E-state index in [0.717, 1.165) is 4.47 Å². The largest absolute Gasteiger partial charge is 0.447 e. The van der Waals surface area contributed by atoms with Gasteiger partial charge in [0.15, 0.2) is 0 Å². The van der Waals surface area contributed by atoms with Gasteiger partial charge in [-0.15, -0.1) is 12.4 Å². The van der Waals surface area contributed by atoms with Gasteiger partial charge in [-0.3, -0.25) is 0 Å². The highest BCUT2D eigenvalue weighted by Gasteiger charge is 2.26. The van der Waals surface area contributed by atoms with Crippen molar-refractivity contribution in [3.05, 3.63) is 33.5 Å². The van der Waals surface area contributed by atoms with Crippen LogP contribution in [0.4, 0.5) is 9.18 Å². The van der Waals surface area contributed by atoms with Gasteiger partial charge < -0.3 is 10.1 Å². The number of rotatable bonds is 1. The van der Waals surface area contributed by atoms with E-state index in [9.17, 15) is 9.18 Å². The summed E-state index contributed by atoms with van der Waals surface area (Å²) in [6, 6.07) is 2.95. The number of hydrogen-bond acceptors (Lipinski definition) is 2. The lowest BCUT2D eigenvalue weighted by molar-refractivity contribution is 0.177. The molecule has 1 atom stereocenters. The lowest BCUT2D eigenvalue weighted by atomic mass is 10.0. The monoisotopic (exact) mass is 309 g/mol.